The monoisotopic (exact) mass is 240 g/mol. The lowest BCUT2D eigenvalue weighted by molar-refractivity contribution is 0.357. The van der Waals surface area contributed by atoms with Crippen LogP contribution in [0.25, 0.3) is 0 Å². The molecule has 18 heavy (non-hydrogen) atoms. The summed E-state index contributed by atoms with van der Waals surface area (Å²) in [5.74, 6) is 0.994. The minimum atomic E-state index is -0.122. The number of aromatic nitrogens is 1. The molecule has 92 valence electrons. The highest BCUT2D eigenvalue weighted by molar-refractivity contribution is 5.43. The van der Waals surface area contributed by atoms with Crippen molar-refractivity contribution in [3.63, 3.8) is 0 Å². The van der Waals surface area contributed by atoms with Gasteiger partial charge in [0.2, 0.25) is 0 Å². The Labute approximate surface area is 107 Å². The summed E-state index contributed by atoms with van der Waals surface area (Å²) in [6.07, 6.45) is 4.65. The van der Waals surface area contributed by atoms with Gasteiger partial charge in [0.05, 0.1) is 12.6 Å². The summed E-state index contributed by atoms with van der Waals surface area (Å²) in [5.41, 5.74) is 10.9. The normalized spacial score (nSPS) is 15.0. The van der Waals surface area contributed by atoms with Gasteiger partial charge >= 0.3 is 0 Å². The van der Waals surface area contributed by atoms with Crippen LogP contribution in [0.15, 0.2) is 36.7 Å². The Morgan fingerprint density at radius 3 is 2.94 bits per heavy atom. The van der Waals surface area contributed by atoms with Crippen LogP contribution in [0.5, 0.6) is 5.75 Å². The van der Waals surface area contributed by atoms with Gasteiger partial charge in [-0.3, -0.25) is 4.98 Å². The van der Waals surface area contributed by atoms with E-state index < -0.39 is 0 Å². The van der Waals surface area contributed by atoms with Gasteiger partial charge in [-0.05, 0) is 35.2 Å². The molecule has 0 radical (unpaired) electrons. The number of pyridine rings is 1. The molecule has 0 spiro atoms. The SMILES string of the molecule is Cc1cncc(C(N)c2ccc3c(c2)CCO3)c1. The lowest BCUT2D eigenvalue weighted by atomic mass is 9.98. The summed E-state index contributed by atoms with van der Waals surface area (Å²) >= 11 is 0. The Morgan fingerprint density at radius 1 is 1.22 bits per heavy atom. The molecular formula is C15H16N2O. The average Bonchev–Trinajstić information content (AvgIpc) is 2.85. The van der Waals surface area contributed by atoms with Crippen LogP contribution in [0, 0.1) is 6.92 Å². The summed E-state index contributed by atoms with van der Waals surface area (Å²) in [6, 6.07) is 8.16. The Morgan fingerprint density at radius 2 is 2.11 bits per heavy atom. The summed E-state index contributed by atoms with van der Waals surface area (Å²) in [6.45, 7) is 2.81. The highest BCUT2D eigenvalue weighted by Gasteiger charge is 2.16. The fourth-order valence-corrected chi connectivity index (χ4v) is 2.34. The zero-order valence-electron chi connectivity index (χ0n) is 10.4. The van der Waals surface area contributed by atoms with Crippen molar-refractivity contribution in [1.82, 2.24) is 4.98 Å². The minimum Gasteiger partial charge on any atom is -0.493 e. The smallest absolute Gasteiger partial charge is 0.122 e. The second kappa shape index (κ2) is 4.42. The predicted molar refractivity (Wildman–Crippen MR) is 70.6 cm³/mol. The van der Waals surface area contributed by atoms with Crippen LogP contribution < -0.4 is 10.5 Å². The maximum Gasteiger partial charge on any atom is 0.122 e. The van der Waals surface area contributed by atoms with Gasteiger partial charge in [-0.15, -0.1) is 0 Å². The number of nitrogens with zero attached hydrogens (tertiary/aromatic N) is 1. The Balaban J connectivity index is 1.95. The fourth-order valence-electron chi connectivity index (χ4n) is 2.34. The van der Waals surface area contributed by atoms with Gasteiger partial charge in [-0.25, -0.2) is 0 Å². The van der Waals surface area contributed by atoms with Crippen LogP contribution in [0.2, 0.25) is 0 Å². The molecular weight excluding hydrogens is 224 g/mol. The molecule has 0 amide bonds. The van der Waals surface area contributed by atoms with E-state index in [9.17, 15) is 0 Å². The van der Waals surface area contributed by atoms with Crippen molar-refractivity contribution in [2.24, 2.45) is 5.73 Å². The van der Waals surface area contributed by atoms with Crippen molar-refractivity contribution in [3.8, 4) is 5.75 Å². The van der Waals surface area contributed by atoms with E-state index >= 15 is 0 Å². The Bertz CT molecular complexity index is 580. The molecule has 0 fully saturated rings. The zero-order valence-corrected chi connectivity index (χ0v) is 10.4. The second-order valence-electron chi connectivity index (χ2n) is 4.74. The molecule has 0 bridgehead atoms. The number of hydrogen-bond acceptors (Lipinski definition) is 3. The van der Waals surface area contributed by atoms with Crippen LogP contribution in [0.4, 0.5) is 0 Å². The van der Waals surface area contributed by atoms with Gasteiger partial charge < -0.3 is 10.5 Å². The van der Waals surface area contributed by atoms with Crippen molar-refractivity contribution in [2.45, 2.75) is 19.4 Å². The topological polar surface area (TPSA) is 48.1 Å². The fraction of sp³-hybridized carbons (Fsp3) is 0.267. The molecule has 1 aliphatic heterocycles. The van der Waals surface area contributed by atoms with Gasteiger partial charge in [0, 0.05) is 18.8 Å². The number of benzene rings is 1. The number of fused-ring (bicyclic) bond motifs is 1. The van der Waals surface area contributed by atoms with Gasteiger partial charge in [0.25, 0.3) is 0 Å². The lowest BCUT2D eigenvalue weighted by Crippen LogP contribution is -2.12. The quantitative estimate of drug-likeness (QED) is 0.876. The van der Waals surface area contributed by atoms with E-state index in [1.54, 1.807) is 0 Å². The number of rotatable bonds is 2. The first kappa shape index (κ1) is 11.2. The molecule has 1 atom stereocenters. The van der Waals surface area contributed by atoms with E-state index in [1.807, 2.05) is 31.5 Å². The maximum atomic E-state index is 6.30. The number of hydrogen-bond donors (Lipinski definition) is 1. The maximum absolute atomic E-state index is 6.30. The lowest BCUT2D eigenvalue weighted by Gasteiger charge is -2.13. The summed E-state index contributed by atoms with van der Waals surface area (Å²) in [7, 11) is 0. The van der Waals surface area contributed by atoms with Crippen molar-refractivity contribution < 1.29 is 4.74 Å². The van der Waals surface area contributed by atoms with Gasteiger partial charge in [0.1, 0.15) is 5.75 Å². The molecule has 0 aliphatic carbocycles. The molecule has 2 N–H and O–H groups in total. The van der Waals surface area contributed by atoms with E-state index in [1.165, 1.54) is 5.56 Å². The molecule has 3 rings (SSSR count). The van der Waals surface area contributed by atoms with E-state index in [-0.39, 0.29) is 6.04 Å². The van der Waals surface area contributed by atoms with Crippen molar-refractivity contribution in [3.05, 3.63) is 58.9 Å². The van der Waals surface area contributed by atoms with E-state index in [0.29, 0.717) is 0 Å². The first-order valence-electron chi connectivity index (χ1n) is 6.17. The zero-order chi connectivity index (χ0) is 12.5. The molecule has 3 nitrogen and oxygen atoms in total. The molecule has 2 heterocycles. The van der Waals surface area contributed by atoms with Crippen LogP contribution in [0.1, 0.15) is 28.3 Å². The minimum absolute atomic E-state index is 0.122. The molecule has 0 saturated carbocycles. The molecule has 1 unspecified atom stereocenters. The number of aryl methyl sites for hydroxylation is 1. The largest absolute Gasteiger partial charge is 0.493 e. The third-order valence-corrected chi connectivity index (χ3v) is 3.33. The van der Waals surface area contributed by atoms with Gasteiger partial charge in [0.15, 0.2) is 0 Å². The number of nitrogens with two attached hydrogens (primary N) is 1. The van der Waals surface area contributed by atoms with E-state index in [4.69, 9.17) is 10.5 Å². The van der Waals surface area contributed by atoms with Gasteiger partial charge in [-0.2, -0.15) is 0 Å². The highest BCUT2D eigenvalue weighted by atomic mass is 16.5. The van der Waals surface area contributed by atoms with Crippen molar-refractivity contribution in [2.75, 3.05) is 6.61 Å². The van der Waals surface area contributed by atoms with E-state index in [2.05, 4.69) is 17.1 Å². The second-order valence-corrected chi connectivity index (χ2v) is 4.74. The third-order valence-electron chi connectivity index (χ3n) is 3.33. The first-order chi connectivity index (χ1) is 8.74. The van der Waals surface area contributed by atoms with Gasteiger partial charge in [-0.1, -0.05) is 18.2 Å². The molecule has 1 aromatic heterocycles. The molecule has 1 aliphatic rings. The standard InChI is InChI=1S/C15H16N2O/c1-10-6-13(9-17-8-10)15(16)12-2-3-14-11(7-12)4-5-18-14/h2-3,6-9,15H,4-5,16H2,1H3. The summed E-state index contributed by atoms with van der Waals surface area (Å²) in [5, 5.41) is 0. The molecule has 1 aromatic carbocycles. The van der Waals surface area contributed by atoms with Crippen molar-refractivity contribution in [1.29, 1.82) is 0 Å². The number of ether oxygens (including phenoxy) is 1. The molecule has 2 aromatic rings. The highest BCUT2D eigenvalue weighted by Crippen LogP contribution is 2.29. The first-order valence-corrected chi connectivity index (χ1v) is 6.17. The molecule has 3 heteroatoms. The molecule has 0 saturated heterocycles. The van der Waals surface area contributed by atoms with Crippen LogP contribution in [-0.4, -0.2) is 11.6 Å². The Kier molecular flexibility index (Phi) is 2.76. The van der Waals surface area contributed by atoms with Crippen molar-refractivity contribution >= 4 is 0 Å². The third kappa shape index (κ3) is 1.97. The average molecular weight is 240 g/mol. The summed E-state index contributed by atoms with van der Waals surface area (Å²) < 4.78 is 5.50. The van der Waals surface area contributed by atoms with Crippen LogP contribution in [-0.2, 0) is 6.42 Å². The van der Waals surface area contributed by atoms with E-state index in [0.717, 1.165) is 35.5 Å². The summed E-state index contributed by atoms with van der Waals surface area (Å²) in [4.78, 5) is 4.20. The van der Waals surface area contributed by atoms with Crippen LogP contribution >= 0.6 is 0 Å². The Hall–Kier alpha value is -1.87. The predicted octanol–water partition coefficient (Wildman–Crippen LogP) is 2.37. The van der Waals surface area contributed by atoms with Crippen LogP contribution in [0.3, 0.4) is 0 Å².